The van der Waals surface area contributed by atoms with Crippen molar-refractivity contribution in [2.45, 2.75) is 24.9 Å². The lowest BCUT2D eigenvalue weighted by Gasteiger charge is -2.40. The highest BCUT2D eigenvalue weighted by molar-refractivity contribution is 14.1. The van der Waals surface area contributed by atoms with Crippen LogP contribution >= 0.6 is 34.2 Å². The highest BCUT2D eigenvalue weighted by atomic mass is 127. The van der Waals surface area contributed by atoms with Gasteiger partial charge in [-0.3, -0.25) is 4.79 Å². The third-order valence-corrected chi connectivity index (χ3v) is 5.02. The fraction of sp³-hybridized carbons (Fsp3) is 0.462. The number of hydrogen-bond acceptors (Lipinski definition) is 2. The van der Waals surface area contributed by atoms with Gasteiger partial charge in [-0.15, -0.1) is 0 Å². The number of rotatable bonds is 4. The molecule has 0 unspecified atom stereocenters. The van der Waals surface area contributed by atoms with Crippen molar-refractivity contribution in [3.8, 4) is 0 Å². The van der Waals surface area contributed by atoms with E-state index < -0.39 is 0 Å². The lowest BCUT2D eigenvalue weighted by molar-refractivity contribution is -0.0679. The van der Waals surface area contributed by atoms with Gasteiger partial charge in [-0.05, 0) is 60.1 Å². The number of ether oxygens (including phenoxy) is 1. The van der Waals surface area contributed by atoms with Crippen LogP contribution in [0.4, 0.5) is 0 Å². The van der Waals surface area contributed by atoms with E-state index in [1.807, 2.05) is 6.07 Å². The van der Waals surface area contributed by atoms with Crippen molar-refractivity contribution in [2.75, 3.05) is 13.7 Å². The Kier molecular flexibility index (Phi) is 4.50. The van der Waals surface area contributed by atoms with Crippen LogP contribution in [-0.4, -0.2) is 25.2 Å². The van der Waals surface area contributed by atoms with Crippen LogP contribution in [0, 0.1) is 3.57 Å². The van der Waals surface area contributed by atoms with Gasteiger partial charge >= 0.3 is 0 Å². The normalized spacial score (nSPS) is 17.1. The molecule has 98 valence electrons. The lowest BCUT2D eigenvalue weighted by Crippen LogP contribution is -2.49. The third kappa shape index (κ3) is 2.97. The van der Waals surface area contributed by atoms with Crippen LogP contribution in [0.15, 0.2) is 18.2 Å². The van der Waals surface area contributed by atoms with E-state index in [2.05, 4.69) is 27.9 Å². The number of carbonyl (C=O) groups excluding carboxylic acids is 1. The molecule has 1 aliphatic rings. The van der Waals surface area contributed by atoms with Crippen molar-refractivity contribution in [1.29, 1.82) is 0 Å². The summed E-state index contributed by atoms with van der Waals surface area (Å²) in [5, 5.41) is 3.52. The Hall–Kier alpha value is -0.330. The van der Waals surface area contributed by atoms with E-state index in [4.69, 9.17) is 16.3 Å². The first kappa shape index (κ1) is 14.1. The molecule has 0 radical (unpaired) electrons. The highest BCUT2D eigenvalue weighted by Crippen LogP contribution is 2.34. The maximum Gasteiger partial charge on any atom is 0.251 e. The van der Waals surface area contributed by atoms with E-state index in [0.29, 0.717) is 17.1 Å². The Morgan fingerprint density at radius 1 is 1.56 bits per heavy atom. The molecule has 18 heavy (non-hydrogen) atoms. The second-order valence-corrected chi connectivity index (χ2v) is 6.12. The van der Waals surface area contributed by atoms with Gasteiger partial charge < -0.3 is 10.1 Å². The van der Waals surface area contributed by atoms with E-state index in [9.17, 15) is 4.79 Å². The molecule has 3 nitrogen and oxygen atoms in total. The van der Waals surface area contributed by atoms with Crippen molar-refractivity contribution in [1.82, 2.24) is 5.32 Å². The van der Waals surface area contributed by atoms with Crippen molar-refractivity contribution >= 4 is 40.1 Å². The van der Waals surface area contributed by atoms with Crippen LogP contribution in [0.5, 0.6) is 0 Å². The summed E-state index contributed by atoms with van der Waals surface area (Å²) in [6, 6.07) is 5.31. The van der Waals surface area contributed by atoms with Crippen LogP contribution in [0.3, 0.4) is 0 Å². The number of halogens is 2. The van der Waals surface area contributed by atoms with Crippen LogP contribution in [0.25, 0.3) is 0 Å². The minimum absolute atomic E-state index is 0.100. The topological polar surface area (TPSA) is 38.3 Å². The summed E-state index contributed by atoms with van der Waals surface area (Å²) in [6.07, 6.45) is 3.19. The molecule has 0 spiro atoms. The molecule has 0 saturated heterocycles. The number of nitrogens with one attached hydrogen (secondary N) is 1. The summed E-state index contributed by atoms with van der Waals surface area (Å²) in [6.45, 7) is 0.561. The zero-order valence-corrected chi connectivity index (χ0v) is 13.0. The summed E-state index contributed by atoms with van der Waals surface area (Å²) >= 11 is 8.14. The minimum atomic E-state index is -0.150. The molecular formula is C13H15ClINO2. The Balaban J connectivity index is 1.97. The summed E-state index contributed by atoms with van der Waals surface area (Å²) in [5.74, 6) is -0.100. The van der Waals surface area contributed by atoms with Gasteiger partial charge in [0.2, 0.25) is 0 Å². The molecule has 0 heterocycles. The maximum atomic E-state index is 12.0. The molecule has 1 aromatic carbocycles. The first-order valence-electron chi connectivity index (χ1n) is 5.85. The van der Waals surface area contributed by atoms with Crippen molar-refractivity contribution in [3.63, 3.8) is 0 Å². The quantitative estimate of drug-likeness (QED) is 0.816. The van der Waals surface area contributed by atoms with Gasteiger partial charge in [0.1, 0.15) is 0 Å². The SMILES string of the molecule is COC1(CNC(=O)c2ccc(I)c(Cl)c2)CCC1. The predicted octanol–water partition coefficient (Wildman–Crippen LogP) is 3.24. The van der Waals surface area contributed by atoms with E-state index in [1.165, 1.54) is 6.42 Å². The van der Waals surface area contributed by atoms with Crippen molar-refractivity contribution in [2.24, 2.45) is 0 Å². The molecule has 2 rings (SSSR count). The van der Waals surface area contributed by atoms with E-state index >= 15 is 0 Å². The van der Waals surface area contributed by atoms with Crippen molar-refractivity contribution in [3.05, 3.63) is 32.4 Å². The summed E-state index contributed by atoms with van der Waals surface area (Å²) in [5.41, 5.74) is 0.439. The molecular weight excluding hydrogens is 365 g/mol. The Morgan fingerprint density at radius 3 is 2.78 bits per heavy atom. The van der Waals surface area contributed by atoms with E-state index in [-0.39, 0.29) is 11.5 Å². The number of methoxy groups -OCH3 is 1. The van der Waals surface area contributed by atoms with Crippen LogP contribution in [0.1, 0.15) is 29.6 Å². The lowest BCUT2D eigenvalue weighted by atomic mass is 9.80. The molecule has 1 saturated carbocycles. The van der Waals surface area contributed by atoms with Gasteiger partial charge in [-0.1, -0.05) is 11.6 Å². The summed E-state index contributed by atoms with van der Waals surface area (Å²) in [7, 11) is 1.70. The van der Waals surface area contributed by atoms with Crippen LogP contribution in [0.2, 0.25) is 5.02 Å². The second kappa shape index (κ2) is 5.75. The largest absolute Gasteiger partial charge is 0.376 e. The molecule has 5 heteroatoms. The van der Waals surface area contributed by atoms with Crippen LogP contribution < -0.4 is 5.32 Å². The molecule has 1 N–H and O–H groups in total. The van der Waals surface area contributed by atoms with Gasteiger partial charge in [0.05, 0.1) is 10.6 Å². The zero-order valence-electron chi connectivity index (χ0n) is 10.1. The molecule has 1 fully saturated rings. The standard InChI is InChI=1S/C13H15ClINO2/c1-18-13(5-2-6-13)8-16-12(17)9-3-4-11(15)10(14)7-9/h3-4,7H,2,5-6,8H2,1H3,(H,16,17). The maximum absolute atomic E-state index is 12.0. The van der Waals surface area contributed by atoms with E-state index in [0.717, 1.165) is 16.4 Å². The number of benzene rings is 1. The zero-order chi connectivity index (χ0) is 13.2. The molecule has 0 aromatic heterocycles. The van der Waals surface area contributed by atoms with Crippen LogP contribution in [-0.2, 0) is 4.74 Å². The minimum Gasteiger partial charge on any atom is -0.376 e. The Bertz CT molecular complexity index is 455. The highest BCUT2D eigenvalue weighted by Gasteiger charge is 2.37. The monoisotopic (exact) mass is 379 g/mol. The smallest absolute Gasteiger partial charge is 0.251 e. The summed E-state index contributed by atoms with van der Waals surface area (Å²) < 4.78 is 6.40. The average molecular weight is 380 g/mol. The predicted molar refractivity (Wildman–Crippen MR) is 80.1 cm³/mol. The molecule has 1 aliphatic carbocycles. The average Bonchev–Trinajstić information content (AvgIpc) is 2.31. The second-order valence-electron chi connectivity index (χ2n) is 4.55. The summed E-state index contributed by atoms with van der Waals surface area (Å²) in [4.78, 5) is 12.0. The third-order valence-electron chi connectivity index (χ3n) is 3.45. The van der Waals surface area contributed by atoms with Crippen molar-refractivity contribution < 1.29 is 9.53 Å². The Morgan fingerprint density at radius 2 is 2.28 bits per heavy atom. The molecule has 0 atom stereocenters. The van der Waals surface area contributed by atoms with Gasteiger partial charge in [0.15, 0.2) is 0 Å². The Labute approximate surface area is 125 Å². The van der Waals surface area contributed by atoms with Gasteiger partial charge in [0.25, 0.3) is 5.91 Å². The molecule has 1 amide bonds. The number of amides is 1. The van der Waals surface area contributed by atoms with Gasteiger partial charge in [-0.25, -0.2) is 0 Å². The fourth-order valence-corrected chi connectivity index (χ4v) is 2.52. The molecule has 0 bridgehead atoms. The first-order valence-corrected chi connectivity index (χ1v) is 7.30. The van der Waals surface area contributed by atoms with E-state index in [1.54, 1.807) is 19.2 Å². The fourth-order valence-electron chi connectivity index (χ4n) is 2.00. The van der Waals surface area contributed by atoms with Gasteiger partial charge in [0, 0.05) is 22.8 Å². The molecule has 0 aliphatic heterocycles. The number of hydrogen-bond donors (Lipinski definition) is 1. The first-order chi connectivity index (χ1) is 8.56. The molecule has 1 aromatic rings. The number of carbonyl (C=O) groups is 1. The van der Waals surface area contributed by atoms with Gasteiger partial charge in [-0.2, -0.15) is 0 Å².